The Morgan fingerprint density at radius 1 is 1.21 bits per heavy atom. The van der Waals surface area contributed by atoms with E-state index in [2.05, 4.69) is 38.8 Å². The minimum Gasteiger partial charge on any atom is -0.309 e. The summed E-state index contributed by atoms with van der Waals surface area (Å²) < 4.78 is 2.13. The maximum atomic E-state index is 12.6. The quantitative estimate of drug-likeness (QED) is 0.455. The normalized spacial score (nSPS) is 12.6. The summed E-state index contributed by atoms with van der Waals surface area (Å²) in [5.41, 5.74) is 2.15. The fourth-order valence-electron chi connectivity index (χ4n) is 3.31. The smallest absolute Gasteiger partial charge is 0.259 e. The van der Waals surface area contributed by atoms with Gasteiger partial charge in [-0.2, -0.15) is 0 Å². The Bertz CT molecular complexity index is 1210. The van der Waals surface area contributed by atoms with Crippen molar-refractivity contribution in [3.05, 3.63) is 68.3 Å². The fourth-order valence-corrected chi connectivity index (χ4v) is 5.34. The molecule has 0 aliphatic carbocycles. The second kappa shape index (κ2) is 8.12. The number of H-pyrrole nitrogens is 1. The van der Waals surface area contributed by atoms with Crippen LogP contribution in [-0.2, 0) is 13.0 Å². The monoisotopic (exact) mass is 425 g/mol. The van der Waals surface area contributed by atoms with Gasteiger partial charge in [0.05, 0.1) is 10.6 Å². The molecular weight excluding hydrogens is 402 g/mol. The molecule has 0 bridgehead atoms. The third-order valence-corrected chi connectivity index (χ3v) is 7.23. The molecule has 0 aliphatic heterocycles. The number of hydrogen-bond acceptors (Lipinski definition) is 6. The molecule has 1 unspecified atom stereocenters. The van der Waals surface area contributed by atoms with Gasteiger partial charge in [0.1, 0.15) is 16.5 Å². The largest absolute Gasteiger partial charge is 0.309 e. The van der Waals surface area contributed by atoms with Crippen molar-refractivity contribution < 1.29 is 0 Å². The average Bonchev–Trinajstić information content (AvgIpc) is 3.22. The highest BCUT2D eigenvalue weighted by molar-refractivity contribution is 7.99. The SMILES string of the molecule is CCn1c(Cc2ccccc2)nnc1SC(C)c1nc2sc(C)c(C)c2c(=O)[nH]1. The van der Waals surface area contributed by atoms with Gasteiger partial charge in [-0.15, -0.1) is 21.5 Å². The number of aromatic nitrogens is 5. The molecule has 29 heavy (non-hydrogen) atoms. The Hall–Kier alpha value is -2.45. The summed E-state index contributed by atoms with van der Waals surface area (Å²) in [4.78, 5) is 22.2. The molecule has 1 aromatic carbocycles. The Kier molecular flexibility index (Phi) is 5.56. The summed E-state index contributed by atoms with van der Waals surface area (Å²) in [6.45, 7) is 8.91. The van der Waals surface area contributed by atoms with E-state index in [1.165, 1.54) is 5.56 Å². The van der Waals surface area contributed by atoms with E-state index in [-0.39, 0.29) is 10.8 Å². The van der Waals surface area contributed by atoms with Gasteiger partial charge in [0.25, 0.3) is 5.56 Å². The topological polar surface area (TPSA) is 76.5 Å². The standard InChI is InChI=1S/C21H23N5OS2/c1-5-26-16(11-15-9-7-6-8-10-15)24-25-21(26)29-14(4)18-22-19(27)17-12(2)13(3)28-20(17)23-18/h6-10,14H,5,11H2,1-4H3,(H,22,23,27). The van der Waals surface area contributed by atoms with E-state index in [1.54, 1.807) is 23.1 Å². The molecule has 0 saturated carbocycles. The summed E-state index contributed by atoms with van der Waals surface area (Å²) in [6.07, 6.45) is 0.741. The van der Waals surface area contributed by atoms with E-state index >= 15 is 0 Å². The second-order valence-corrected chi connectivity index (χ2v) is 9.49. The third kappa shape index (κ3) is 3.86. The zero-order valence-electron chi connectivity index (χ0n) is 16.9. The van der Waals surface area contributed by atoms with Crippen molar-refractivity contribution in [1.82, 2.24) is 24.7 Å². The highest BCUT2D eigenvalue weighted by Crippen LogP contribution is 2.34. The summed E-state index contributed by atoms with van der Waals surface area (Å²) >= 11 is 3.14. The number of nitrogens with one attached hydrogen (secondary N) is 1. The number of hydrogen-bond donors (Lipinski definition) is 1. The summed E-state index contributed by atoms with van der Waals surface area (Å²) in [5.74, 6) is 1.61. The Morgan fingerprint density at radius 2 is 1.97 bits per heavy atom. The first kappa shape index (κ1) is 19.8. The molecule has 6 nitrogen and oxygen atoms in total. The fraction of sp³-hybridized carbons (Fsp3) is 0.333. The van der Waals surface area contributed by atoms with Crippen LogP contribution in [0, 0.1) is 13.8 Å². The van der Waals surface area contributed by atoms with Crippen molar-refractivity contribution in [1.29, 1.82) is 0 Å². The lowest BCUT2D eigenvalue weighted by Crippen LogP contribution is -2.13. The van der Waals surface area contributed by atoms with Crippen molar-refractivity contribution in [2.24, 2.45) is 0 Å². The molecule has 3 heterocycles. The van der Waals surface area contributed by atoms with Gasteiger partial charge in [-0.3, -0.25) is 4.79 Å². The van der Waals surface area contributed by atoms with Crippen molar-refractivity contribution in [3.63, 3.8) is 0 Å². The van der Waals surface area contributed by atoms with Gasteiger partial charge in [-0.1, -0.05) is 42.1 Å². The van der Waals surface area contributed by atoms with Gasteiger partial charge in [0.15, 0.2) is 5.16 Å². The summed E-state index contributed by atoms with van der Waals surface area (Å²) in [6, 6.07) is 10.3. The molecule has 4 rings (SSSR count). The van der Waals surface area contributed by atoms with Crippen molar-refractivity contribution in [2.45, 2.75) is 51.1 Å². The van der Waals surface area contributed by atoms with Gasteiger partial charge < -0.3 is 9.55 Å². The van der Waals surface area contributed by atoms with Gasteiger partial charge in [-0.25, -0.2) is 4.98 Å². The molecule has 150 valence electrons. The molecule has 0 aliphatic rings. The molecule has 8 heteroatoms. The first-order chi connectivity index (χ1) is 14.0. The summed E-state index contributed by atoms with van der Waals surface area (Å²) in [7, 11) is 0. The Morgan fingerprint density at radius 3 is 2.69 bits per heavy atom. The molecule has 1 atom stereocenters. The van der Waals surface area contributed by atoms with Gasteiger partial charge in [0.2, 0.25) is 0 Å². The van der Waals surface area contributed by atoms with E-state index < -0.39 is 0 Å². The first-order valence-corrected chi connectivity index (χ1v) is 11.3. The van der Waals surface area contributed by atoms with Crippen LogP contribution in [0.3, 0.4) is 0 Å². The lowest BCUT2D eigenvalue weighted by atomic mass is 10.1. The van der Waals surface area contributed by atoms with Crippen LogP contribution in [0.1, 0.15) is 46.8 Å². The number of thiophene rings is 1. The highest BCUT2D eigenvalue weighted by Gasteiger charge is 2.19. The number of nitrogens with zero attached hydrogens (tertiary/aromatic N) is 4. The molecule has 0 fully saturated rings. The van der Waals surface area contributed by atoms with E-state index in [0.29, 0.717) is 11.2 Å². The van der Waals surface area contributed by atoms with Crippen LogP contribution in [0.15, 0.2) is 40.3 Å². The first-order valence-electron chi connectivity index (χ1n) is 9.60. The molecule has 0 amide bonds. The van der Waals surface area contributed by atoms with Crippen LogP contribution in [0.4, 0.5) is 0 Å². The highest BCUT2D eigenvalue weighted by atomic mass is 32.2. The molecule has 1 N–H and O–H groups in total. The molecule has 0 spiro atoms. The van der Waals surface area contributed by atoms with E-state index in [9.17, 15) is 4.79 Å². The van der Waals surface area contributed by atoms with Crippen LogP contribution >= 0.6 is 23.1 Å². The number of benzene rings is 1. The number of aryl methyl sites for hydroxylation is 2. The van der Waals surface area contributed by atoms with Gasteiger partial charge in [0, 0.05) is 17.8 Å². The number of aromatic amines is 1. The summed E-state index contributed by atoms with van der Waals surface area (Å²) in [5, 5.41) is 10.3. The van der Waals surface area contributed by atoms with Gasteiger partial charge in [-0.05, 0) is 38.8 Å². The predicted molar refractivity (Wildman–Crippen MR) is 119 cm³/mol. The number of rotatable bonds is 6. The third-order valence-electron chi connectivity index (χ3n) is 5.04. The number of fused-ring (bicyclic) bond motifs is 1. The van der Waals surface area contributed by atoms with Gasteiger partial charge >= 0.3 is 0 Å². The second-order valence-electron chi connectivity index (χ2n) is 6.98. The Labute approximate surface area is 177 Å². The minimum atomic E-state index is -0.0685. The van der Waals surface area contributed by atoms with Crippen LogP contribution in [0.25, 0.3) is 10.2 Å². The van der Waals surface area contributed by atoms with E-state index in [1.807, 2.05) is 39.0 Å². The minimum absolute atomic E-state index is 0.0473. The molecular formula is C21H23N5OS2. The number of thioether (sulfide) groups is 1. The molecule has 0 radical (unpaired) electrons. The van der Waals surface area contributed by atoms with Crippen molar-refractivity contribution in [2.75, 3.05) is 0 Å². The van der Waals surface area contributed by atoms with Crippen LogP contribution < -0.4 is 5.56 Å². The maximum Gasteiger partial charge on any atom is 0.259 e. The van der Waals surface area contributed by atoms with Crippen molar-refractivity contribution >= 4 is 33.3 Å². The average molecular weight is 426 g/mol. The molecule has 3 aromatic heterocycles. The predicted octanol–water partition coefficient (Wildman–Crippen LogP) is 4.66. The maximum absolute atomic E-state index is 12.6. The van der Waals surface area contributed by atoms with Crippen LogP contribution in [-0.4, -0.2) is 24.7 Å². The van der Waals surface area contributed by atoms with Crippen LogP contribution in [0.5, 0.6) is 0 Å². The van der Waals surface area contributed by atoms with Crippen LogP contribution in [0.2, 0.25) is 0 Å². The lowest BCUT2D eigenvalue weighted by Gasteiger charge is -2.12. The molecule has 0 saturated heterocycles. The zero-order valence-corrected chi connectivity index (χ0v) is 18.5. The Balaban J connectivity index is 1.61. The zero-order chi connectivity index (χ0) is 20.5. The molecule has 4 aromatic rings. The lowest BCUT2D eigenvalue weighted by molar-refractivity contribution is 0.649. The van der Waals surface area contributed by atoms with E-state index in [0.717, 1.165) is 39.2 Å². The van der Waals surface area contributed by atoms with Crippen molar-refractivity contribution in [3.8, 4) is 0 Å². The van der Waals surface area contributed by atoms with E-state index in [4.69, 9.17) is 4.98 Å².